The molecule has 0 spiro atoms. The number of hydrogen-bond donors (Lipinski definition) is 6. The number of nitrogen functional groups attached to an aromatic ring is 1. The average Bonchev–Trinajstić information content (AvgIpc) is 3.24. The molecule has 0 saturated carbocycles. The summed E-state index contributed by atoms with van der Waals surface area (Å²) in [6, 6.07) is 4.33. The lowest BCUT2D eigenvalue weighted by molar-refractivity contribution is -0.143. The lowest BCUT2D eigenvalue weighted by Crippen LogP contribution is -2.71. The quantitative estimate of drug-likeness (QED) is 0.0410. The number of oxime groups is 1. The molecule has 1 aliphatic rings. The molecule has 2 amide bonds. The van der Waals surface area contributed by atoms with Gasteiger partial charge < -0.3 is 26.1 Å². The van der Waals surface area contributed by atoms with Gasteiger partial charge in [0.1, 0.15) is 29.9 Å². The predicted molar refractivity (Wildman–Crippen MR) is 125 cm³/mol. The lowest BCUT2D eigenvalue weighted by atomic mass is 10.0. The number of thiazole rings is 1. The van der Waals surface area contributed by atoms with Crippen molar-refractivity contribution in [2.24, 2.45) is 11.0 Å². The molecule has 3 rings (SSSR count). The first-order valence-electron chi connectivity index (χ1n) is 9.84. The Morgan fingerprint density at radius 3 is 2.57 bits per heavy atom. The summed E-state index contributed by atoms with van der Waals surface area (Å²) in [6.45, 7) is 1.34. The number of hydrogen-bond acceptors (Lipinski definition) is 12. The molecule has 8 N–H and O–H groups in total. The van der Waals surface area contributed by atoms with Crippen LogP contribution in [0.15, 0.2) is 34.8 Å². The van der Waals surface area contributed by atoms with E-state index in [0.29, 0.717) is 11.3 Å². The molecule has 1 saturated heterocycles. The minimum Gasteiger partial charge on any atom is -0.490 e. The summed E-state index contributed by atoms with van der Waals surface area (Å²) in [5.74, 6) is 3.88. The molecule has 1 aliphatic heterocycles. The summed E-state index contributed by atoms with van der Waals surface area (Å²) in [6.07, 6.45) is 0. The number of nitrogens with two attached hydrogens (primary N) is 2. The van der Waals surface area contributed by atoms with E-state index in [2.05, 4.69) is 20.9 Å². The average molecular weight is 527 g/mol. The first kappa shape index (κ1) is 25.8. The van der Waals surface area contributed by atoms with Crippen molar-refractivity contribution in [1.29, 1.82) is 5.41 Å². The topological polar surface area (TPSA) is 235 Å². The highest BCUT2D eigenvalue weighted by Gasteiger charge is 2.51. The van der Waals surface area contributed by atoms with Crippen LogP contribution < -0.4 is 27.1 Å². The molecule has 2 heterocycles. The van der Waals surface area contributed by atoms with Gasteiger partial charge >= 0.3 is 10.3 Å². The smallest absolute Gasteiger partial charge is 0.362 e. The Morgan fingerprint density at radius 1 is 1.34 bits per heavy atom. The number of amides is 2. The number of ether oxygens (including phenoxy) is 1. The zero-order chi connectivity index (χ0) is 25.8. The van der Waals surface area contributed by atoms with E-state index in [1.54, 1.807) is 24.3 Å². The Labute approximate surface area is 203 Å². The molecule has 0 bridgehead atoms. The maximum atomic E-state index is 12.8. The van der Waals surface area contributed by atoms with E-state index >= 15 is 0 Å². The molecule has 188 valence electrons. The number of anilines is 1. The van der Waals surface area contributed by atoms with Gasteiger partial charge in [0.2, 0.25) is 0 Å². The predicted octanol–water partition coefficient (Wildman–Crippen LogP) is -1.17. The second-order valence-corrected chi connectivity index (χ2v) is 9.22. The maximum Gasteiger partial charge on any atom is 0.362 e. The Kier molecular flexibility index (Phi) is 7.85. The molecule has 2 atom stereocenters. The molecule has 1 aromatic heterocycles. The number of rotatable bonds is 10. The van der Waals surface area contributed by atoms with Crippen LogP contribution in [0.25, 0.3) is 0 Å². The van der Waals surface area contributed by atoms with Crippen molar-refractivity contribution in [2.75, 3.05) is 18.9 Å². The number of β-lactam (4-membered cyclic amide) rings is 1. The molecular formula is C18H22N8O7S2. The highest BCUT2D eigenvalue weighted by Crippen LogP contribution is 2.23. The van der Waals surface area contributed by atoms with Crippen LogP contribution in [0.1, 0.15) is 18.2 Å². The van der Waals surface area contributed by atoms with Gasteiger partial charge in [-0.15, -0.1) is 11.3 Å². The molecule has 35 heavy (non-hydrogen) atoms. The van der Waals surface area contributed by atoms with E-state index in [0.717, 1.165) is 11.3 Å². The van der Waals surface area contributed by atoms with Crippen molar-refractivity contribution >= 4 is 50.1 Å². The minimum atomic E-state index is -4.74. The van der Waals surface area contributed by atoms with Crippen molar-refractivity contribution in [3.63, 3.8) is 0 Å². The summed E-state index contributed by atoms with van der Waals surface area (Å²) in [4.78, 5) is 34.0. The van der Waals surface area contributed by atoms with Crippen LogP contribution in [-0.2, 0) is 24.7 Å². The second-order valence-electron chi connectivity index (χ2n) is 7.04. The van der Waals surface area contributed by atoms with Crippen LogP contribution in [0.3, 0.4) is 0 Å². The monoisotopic (exact) mass is 526 g/mol. The largest absolute Gasteiger partial charge is 0.490 e. The van der Waals surface area contributed by atoms with Gasteiger partial charge in [0.15, 0.2) is 17.5 Å². The highest BCUT2D eigenvalue weighted by molar-refractivity contribution is 7.84. The molecule has 0 unspecified atom stereocenters. The van der Waals surface area contributed by atoms with Crippen LogP contribution in [0, 0.1) is 5.41 Å². The van der Waals surface area contributed by atoms with E-state index in [-0.39, 0.29) is 39.9 Å². The van der Waals surface area contributed by atoms with Gasteiger partial charge in [-0.05, 0) is 31.2 Å². The normalized spacial score (nSPS) is 18.0. The molecule has 15 nitrogen and oxygen atoms in total. The number of carbonyl (C=O) groups excluding carboxylic acids is 2. The zero-order valence-corrected chi connectivity index (χ0v) is 19.8. The van der Waals surface area contributed by atoms with E-state index in [1.165, 1.54) is 12.3 Å². The first-order chi connectivity index (χ1) is 16.5. The number of nitrogens with one attached hydrogen (secondary N) is 3. The van der Waals surface area contributed by atoms with Gasteiger partial charge in [0, 0.05) is 10.9 Å². The second kappa shape index (κ2) is 10.6. The molecular weight excluding hydrogens is 504 g/mol. The number of aromatic nitrogens is 1. The number of benzene rings is 1. The van der Waals surface area contributed by atoms with Gasteiger partial charge in [0.25, 0.3) is 11.8 Å². The van der Waals surface area contributed by atoms with Gasteiger partial charge in [-0.1, -0.05) is 5.16 Å². The van der Waals surface area contributed by atoms with E-state index in [4.69, 9.17) is 31.1 Å². The number of carbonyl (C=O) groups is 2. The summed E-state index contributed by atoms with van der Waals surface area (Å²) in [5, 5.41) is 15.4. The first-order valence-corrected chi connectivity index (χ1v) is 12.1. The van der Waals surface area contributed by atoms with E-state index in [1.807, 2.05) is 0 Å². The van der Waals surface area contributed by atoms with Crippen molar-refractivity contribution in [3.05, 3.63) is 40.9 Å². The number of nitrogens with zero attached hydrogens (tertiary/aromatic N) is 3. The van der Waals surface area contributed by atoms with Crippen molar-refractivity contribution in [2.45, 2.75) is 19.0 Å². The molecule has 2 aromatic rings. The summed E-state index contributed by atoms with van der Waals surface area (Å²) >= 11 is 1.05. The van der Waals surface area contributed by atoms with Crippen molar-refractivity contribution < 1.29 is 32.1 Å². The Balaban J connectivity index is 1.60. The number of hydrazine groups is 1. The fourth-order valence-electron chi connectivity index (χ4n) is 3.02. The van der Waals surface area contributed by atoms with Crippen LogP contribution >= 0.6 is 11.3 Å². The minimum absolute atomic E-state index is 0.0476. The van der Waals surface area contributed by atoms with Crippen molar-refractivity contribution in [3.8, 4) is 5.75 Å². The van der Waals surface area contributed by atoms with E-state index in [9.17, 15) is 18.0 Å². The lowest BCUT2D eigenvalue weighted by Gasteiger charge is -2.42. The Bertz CT molecular complexity index is 1250. The van der Waals surface area contributed by atoms with E-state index < -0.39 is 34.2 Å². The number of amidine groups is 1. The summed E-state index contributed by atoms with van der Waals surface area (Å²) in [5.41, 5.74) is 8.22. The van der Waals surface area contributed by atoms with Crippen LogP contribution in [0.5, 0.6) is 5.75 Å². The third kappa shape index (κ3) is 6.01. The summed E-state index contributed by atoms with van der Waals surface area (Å²) in [7, 11) is -4.74. The Morgan fingerprint density at radius 2 is 2.03 bits per heavy atom. The van der Waals surface area contributed by atoms with Gasteiger partial charge in [0.05, 0.1) is 6.04 Å². The fraction of sp³-hybridized carbons (Fsp3) is 0.278. The Hall–Kier alpha value is -3.80. The molecule has 0 aliphatic carbocycles. The molecule has 1 aromatic carbocycles. The third-order valence-corrected chi connectivity index (χ3v) is 6.42. The van der Waals surface area contributed by atoms with Gasteiger partial charge in [-0.25, -0.2) is 15.1 Å². The third-order valence-electron chi connectivity index (χ3n) is 4.74. The van der Waals surface area contributed by atoms with Crippen LogP contribution in [0.2, 0.25) is 0 Å². The molecule has 0 radical (unpaired) electrons. The zero-order valence-electron chi connectivity index (χ0n) is 18.2. The summed E-state index contributed by atoms with van der Waals surface area (Å²) < 4.78 is 37.3. The van der Waals surface area contributed by atoms with Crippen molar-refractivity contribution in [1.82, 2.24) is 20.0 Å². The highest BCUT2D eigenvalue weighted by atomic mass is 32.2. The van der Waals surface area contributed by atoms with Crippen LogP contribution in [-0.4, -0.2) is 70.9 Å². The van der Waals surface area contributed by atoms with Gasteiger partial charge in [-0.3, -0.25) is 19.6 Å². The molecule has 17 heteroatoms. The SMILES string of the molecule is C[C@H]1[C@H](NC(=O)/C(=N\OCCOc2ccc(C(=N)NN)cc2)c2csc(N)n2)C(=O)N1S(=O)(=O)O. The maximum absolute atomic E-state index is 12.8. The standard InChI is InChI=1S/C18H22N8O7S2/c1-9-13(17(28)26(9)35(29,30)31)23-16(27)14(12-8-34-18(20)22-12)25-33-7-6-32-11-4-2-10(3-5-11)15(19)24-21/h2-5,8-9,13H,6-7,21H2,1H3,(H2,19,24)(H2,20,22)(H,23,27)(H,29,30,31)/b25-14-/t9-,13-/m0/s1. The fourth-order valence-corrected chi connectivity index (χ4v) is 4.45. The van der Waals surface area contributed by atoms with Crippen LogP contribution in [0.4, 0.5) is 5.13 Å². The van der Waals surface area contributed by atoms with Gasteiger partial charge in [-0.2, -0.15) is 8.42 Å². The molecule has 1 fully saturated rings.